The summed E-state index contributed by atoms with van der Waals surface area (Å²) in [7, 11) is 0. The molecule has 2 amide bonds. The molecule has 0 aliphatic carbocycles. The Morgan fingerprint density at radius 1 is 1.38 bits per heavy atom. The van der Waals surface area contributed by atoms with Crippen molar-refractivity contribution in [3.8, 4) is 0 Å². The smallest absolute Gasteiger partial charge is 0.314 e. The predicted molar refractivity (Wildman–Crippen MR) is 87.8 cm³/mol. The zero-order chi connectivity index (χ0) is 15.1. The molecule has 1 heterocycles. The minimum Gasteiger partial charge on any atom is -0.387 e. The van der Waals surface area contributed by atoms with Crippen molar-refractivity contribution in [2.45, 2.75) is 31.3 Å². The van der Waals surface area contributed by atoms with Crippen LogP contribution in [0.2, 0.25) is 0 Å². The number of hydrogen-bond acceptors (Lipinski definition) is 3. The number of hydrogen-bond donors (Lipinski definition) is 3. The van der Waals surface area contributed by atoms with Gasteiger partial charge in [0, 0.05) is 18.8 Å². The number of thioether (sulfide) groups is 1. The van der Waals surface area contributed by atoms with Crippen molar-refractivity contribution in [1.82, 2.24) is 10.6 Å². The van der Waals surface area contributed by atoms with Gasteiger partial charge in [0.2, 0.25) is 0 Å². The van der Waals surface area contributed by atoms with E-state index in [-0.39, 0.29) is 6.03 Å². The van der Waals surface area contributed by atoms with E-state index < -0.39 is 5.60 Å². The number of benzene rings is 1. The van der Waals surface area contributed by atoms with Crippen LogP contribution < -0.4 is 10.6 Å². The zero-order valence-electron chi connectivity index (χ0n) is 12.5. The molecule has 1 aliphatic rings. The van der Waals surface area contributed by atoms with E-state index >= 15 is 0 Å². The maximum atomic E-state index is 11.7. The lowest BCUT2D eigenvalue weighted by molar-refractivity contribution is 0.0700. The summed E-state index contributed by atoms with van der Waals surface area (Å²) in [4.78, 5) is 11.7. The van der Waals surface area contributed by atoms with E-state index in [2.05, 4.69) is 29.7 Å². The van der Waals surface area contributed by atoms with Gasteiger partial charge >= 0.3 is 6.03 Å². The minimum absolute atomic E-state index is 0.194. The second-order valence-electron chi connectivity index (χ2n) is 5.74. The van der Waals surface area contributed by atoms with Crippen molar-refractivity contribution >= 4 is 17.8 Å². The van der Waals surface area contributed by atoms with Gasteiger partial charge in [-0.05, 0) is 30.1 Å². The maximum absolute atomic E-state index is 11.7. The van der Waals surface area contributed by atoms with Crippen LogP contribution in [0.5, 0.6) is 0 Å². The highest BCUT2D eigenvalue weighted by molar-refractivity contribution is 7.99. The molecule has 1 fully saturated rings. The molecule has 0 bridgehead atoms. The predicted octanol–water partition coefficient (Wildman–Crippen LogP) is 2.35. The standard InChI is InChI=1S/C16H24N2O2S/c1-13(14-5-3-2-4-6-14)7-9-17-15(19)18-11-16(20)8-10-21-12-16/h2-6,13,20H,7-12H2,1H3,(H2,17,18,19)/t13-,16+/m1/s1. The Hall–Kier alpha value is -1.20. The average molecular weight is 308 g/mol. The molecule has 21 heavy (non-hydrogen) atoms. The Labute approximate surface area is 130 Å². The number of aliphatic hydroxyl groups is 1. The average Bonchev–Trinajstić information content (AvgIpc) is 2.93. The third-order valence-corrected chi connectivity index (χ3v) is 5.13. The maximum Gasteiger partial charge on any atom is 0.314 e. The van der Waals surface area contributed by atoms with E-state index in [4.69, 9.17) is 0 Å². The summed E-state index contributed by atoms with van der Waals surface area (Å²) in [5.41, 5.74) is 0.566. The van der Waals surface area contributed by atoms with Crippen LogP contribution in [0.3, 0.4) is 0 Å². The molecule has 3 N–H and O–H groups in total. The van der Waals surface area contributed by atoms with Crippen LogP contribution in [0, 0.1) is 0 Å². The quantitative estimate of drug-likeness (QED) is 0.756. The second kappa shape index (κ2) is 7.71. The van der Waals surface area contributed by atoms with Crippen molar-refractivity contribution in [3.63, 3.8) is 0 Å². The third kappa shape index (κ3) is 5.25. The first-order chi connectivity index (χ1) is 10.1. The van der Waals surface area contributed by atoms with Gasteiger partial charge in [0.15, 0.2) is 0 Å². The molecule has 116 valence electrons. The molecular formula is C16H24N2O2S. The lowest BCUT2D eigenvalue weighted by Gasteiger charge is -2.21. The van der Waals surface area contributed by atoms with Crippen molar-refractivity contribution < 1.29 is 9.90 Å². The van der Waals surface area contributed by atoms with E-state index in [1.807, 2.05) is 18.2 Å². The summed E-state index contributed by atoms with van der Waals surface area (Å²) in [5, 5.41) is 15.8. The lowest BCUT2D eigenvalue weighted by atomic mass is 9.98. The highest BCUT2D eigenvalue weighted by Crippen LogP contribution is 2.26. The first-order valence-electron chi connectivity index (χ1n) is 7.46. The topological polar surface area (TPSA) is 61.4 Å². The van der Waals surface area contributed by atoms with Crippen molar-refractivity contribution in [3.05, 3.63) is 35.9 Å². The van der Waals surface area contributed by atoms with E-state index in [0.29, 0.717) is 24.8 Å². The number of amides is 2. The summed E-state index contributed by atoms with van der Waals surface area (Å²) in [6, 6.07) is 10.1. The number of urea groups is 1. The summed E-state index contributed by atoms with van der Waals surface area (Å²) in [6.07, 6.45) is 1.65. The first kappa shape index (κ1) is 16.2. The fourth-order valence-electron chi connectivity index (χ4n) is 2.39. The normalized spacial score (nSPS) is 22.8. The lowest BCUT2D eigenvalue weighted by Crippen LogP contribution is -2.46. The van der Waals surface area contributed by atoms with Gasteiger partial charge in [-0.2, -0.15) is 11.8 Å². The van der Waals surface area contributed by atoms with E-state index in [9.17, 15) is 9.90 Å². The van der Waals surface area contributed by atoms with Crippen LogP contribution in [0.25, 0.3) is 0 Å². The monoisotopic (exact) mass is 308 g/mol. The highest BCUT2D eigenvalue weighted by atomic mass is 32.2. The SMILES string of the molecule is C[C@H](CCNC(=O)NC[C@@]1(O)CCSC1)c1ccccc1. The largest absolute Gasteiger partial charge is 0.387 e. The fourth-order valence-corrected chi connectivity index (χ4v) is 3.69. The summed E-state index contributed by atoms with van der Waals surface area (Å²) in [5.74, 6) is 2.09. The third-order valence-electron chi connectivity index (χ3n) is 3.89. The molecule has 1 aliphatic heterocycles. The van der Waals surface area contributed by atoms with Crippen molar-refractivity contribution in [2.24, 2.45) is 0 Å². The molecule has 0 radical (unpaired) electrons. The van der Waals surface area contributed by atoms with Crippen molar-refractivity contribution in [2.75, 3.05) is 24.6 Å². The van der Waals surface area contributed by atoms with Gasteiger partial charge in [-0.3, -0.25) is 0 Å². The molecule has 5 heteroatoms. The summed E-state index contributed by atoms with van der Waals surface area (Å²) < 4.78 is 0. The molecule has 0 aromatic heterocycles. The number of carbonyl (C=O) groups excluding carboxylic acids is 1. The molecule has 1 saturated heterocycles. The Balaban J connectivity index is 1.63. The van der Waals surface area contributed by atoms with E-state index in [1.165, 1.54) is 5.56 Å². The van der Waals surface area contributed by atoms with Crippen molar-refractivity contribution in [1.29, 1.82) is 0 Å². The van der Waals surface area contributed by atoms with Gasteiger partial charge in [-0.15, -0.1) is 0 Å². The van der Waals surface area contributed by atoms with Crippen LogP contribution in [0.15, 0.2) is 30.3 Å². The van der Waals surface area contributed by atoms with Gasteiger partial charge < -0.3 is 15.7 Å². The van der Waals surface area contributed by atoms with Crippen LogP contribution in [0.1, 0.15) is 31.2 Å². The van der Waals surface area contributed by atoms with Crippen LogP contribution in [-0.2, 0) is 0 Å². The molecule has 4 nitrogen and oxygen atoms in total. The van der Waals surface area contributed by atoms with Crippen LogP contribution >= 0.6 is 11.8 Å². The molecule has 1 aromatic carbocycles. The molecule has 0 unspecified atom stereocenters. The molecule has 0 spiro atoms. The van der Waals surface area contributed by atoms with Crippen LogP contribution in [-0.4, -0.2) is 41.3 Å². The minimum atomic E-state index is -0.723. The zero-order valence-corrected chi connectivity index (χ0v) is 13.3. The van der Waals surface area contributed by atoms with Gasteiger partial charge in [0.05, 0.1) is 5.60 Å². The van der Waals surface area contributed by atoms with E-state index in [1.54, 1.807) is 11.8 Å². The van der Waals surface area contributed by atoms with Gasteiger partial charge in [0.25, 0.3) is 0 Å². The van der Waals surface area contributed by atoms with Gasteiger partial charge in [0.1, 0.15) is 0 Å². The second-order valence-corrected chi connectivity index (χ2v) is 6.84. The number of nitrogens with one attached hydrogen (secondary N) is 2. The molecule has 0 saturated carbocycles. The van der Waals surface area contributed by atoms with Crippen LogP contribution in [0.4, 0.5) is 4.79 Å². The fraction of sp³-hybridized carbons (Fsp3) is 0.562. The summed E-state index contributed by atoms with van der Waals surface area (Å²) >= 11 is 1.73. The first-order valence-corrected chi connectivity index (χ1v) is 8.61. The molecular weight excluding hydrogens is 284 g/mol. The highest BCUT2D eigenvalue weighted by Gasteiger charge is 2.31. The Kier molecular flexibility index (Phi) is 5.94. The number of rotatable bonds is 6. The Morgan fingerprint density at radius 3 is 2.81 bits per heavy atom. The number of carbonyl (C=O) groups is 1. The van der Waals surface area contributed by atoms with Gasteiger partial charge in [-0.1, -0.05) is 37.3 Å². The molecule has 2 rings (SSSR count). The van der Waals surface area contributed by atoms with Gasteiger partial charge in [-0.25, -0.2) is 4.79 Å². The Bertz CT molecular complexity index is 447. The molecule has 1 aromatic rings. The van der Waals surface area contributed by atoms with E-state index in [0.717, 1.165) is 18.6 Å². The Morgan fingerprint density at radius 2 is 2.14 bits per heavy atom. The molecule has 2 atom stereocenters. The summed E-state index contributed by atoms with van der Waals surface area (Å²) in [6.45, 7) is 3.13.